The van der Waals surface area contributed by atoms with Crippen LogP contribution >= 0.6 is 11.6 Å². The lowest BCUT2D eigenvalue weighted by Gasteiger charge is -2.10. The predicted molar refractivity (Wildman–Crippen MR) is 72.4 cm³/mol. The molecule has 2 rings (SSSR count). The Morgan fingerprint density at radius 2 is 2.00 bits per heavy atom. The van der Waals surface area contributed by atoms with Gasteiger partial charge in [-0.15, -0.1) is 0 Å². The van der Waals surface area contributed by atoms with Gasteiger partial charge in [-0.1, -0.05) is 23.7 Å². The summed E-state index contributed by atoms with van der Waals surface area (Å²) < 4.78 is 13.1. The van der Waals surface area contributed by atoms with Gasteiger partial charge < -0.3 is 5.32 Å². The third kappa shape index (κ3) is 2.99. The zero-order valence-electron chi connectivity index (χ0n) is 10.3. The van der Waals surface area contributed by atoms with E-state index in [1.165, 1.54) is 6.07 Å². The third-order valence-corrected chi connectivity index (χ3v) is 2.99. The molecule has 0 fully saturated rings. The van der Waals surface area contributed by atoms with Crippen LogP contribution in [0.5, 0.6) is 0 Å². The van der Waals surface area contributed by atoms with E-state index in [1.54, 1.807) is 25.3 Å². The van der Waals surface area contributed by atoms with Gasteiger partial charge in [0, 0.05) is 6.54 Å². The van der Waals surface area contributed by atoms with Crippen molar-refractivity contribution in [3.05, 3.63) is 58.1 Å². The van der Waals surface area contributed by atoms with Crippen LogP contribution in [0, 0.1) is 19.7 Å². The topological polar surface area (TPSA) is 24.9 Å². The number of halogens is 2. The number of aryl methyl sites for hydroxylation is 2. The zero-order chi connectivity index (χ0) is 13.1. The number of pyridine rings is 1. The third-order valence-electron chi connectivity index (χ3n) is 2.78. The smallest absolute Gasteiger partial charge is 0.129 e. The molecular weight excluding hydrogens is 251 g/mol. The van der Waals surface area contributed by atoms with Crippen molar-refractivity contribution in [1.82, 2.24) is 4.98 Å². The summed E-state index contributed by atoms with van der Waals surface area (Å²) in [5, 5.41) is 3.74. The molecule has 0 bridgehead atoms. The van der Waals surface area contributed by atoms with Crippen LogP contribution in [-0.2, 0) is 6.54 Å². The summed E-state index contributed by atoms with van der Waals surface area (Å²) >= 11 is 5.79. The van der Waals surface area contributed by atoms with Crippen molar-refractivity contribution in [3.8, 4) is 0 Å². The summed E-state index contributed by atoms with van der Waals surface area (Å²) in [6.45, 7) is 4.35. The molecule has 0 unspecified atom stereocenters. The van der Waals surface area contributed by atoms with Gasteiger partial charge >= 0.3 is 0 Å². The minimum absolute atomic E-state index is 0.178. The maximum atomic E-state index is 13.1. The Morgan fingerprint density at radius 1 is 1.22 bits per heavy atom. The number of benzene rings is 1. The highest BCUT2D eigenvalue weighted by Crippen LogP contribution is 2.18. The van der Waals surface area contributed by atoms with Gasteiger partial charge in [-0.05, 0) is 42.7 Å². The molecule has 18 heavy (non-hydrogen) atoms. The van der Waals surface area contributed by atoms with Crippen molar-refractivity contribution in [2.45, 2.75) is 20.4 Å². The van der Waals surface area contributed by atoms with Gasteiger partial charge in [0.05, 0.1) is 11.9 Å². The van der Waals surface area contributed by atoms with E-state index in [0.29, 0.717) is 17.3 Å². The van der Waals surface area contributed by atoms with Crippen molar-refractivity contribution in [1.29, 1.82) is 0 Å². The predicted octanol–water partition coefficient (Wildman–Crippen LogP) is 4.10. The van der Waals surface area contributed by atoms with E-state index in [4.69, 9.17) is 11.6 Å². The number of rotatable bonds is 3. The Morgan fingerprint density at radius 3 is 2.67 bits per heavy atom. The lowest BCUT2D eigenvalue weighted by Crippen LogP contribution is -2.02. The Bertz CT molecular complexity index is 570. The Kier molecular flexibility index (Phi) is 3.82. The summed E-state index contributed by atoms with van der Waals surface area (Å²) in [7, 11) is 0. The maximum absolute atomic E-state index is 13.1. The Balaban J connectivity index is 2.09. The van der Waals surface area contributed by atoms with E-state index >= 15 is 0 Å². The van der Waals surface area contributed by atoms with Crippen LogP contribution in [-0.4, -0.2) is 4.98 Å². The van der Waals surface area contributed by atoms with Crippen molar-refractivity contribution >= 4 is 17.3 Å². The average molecular weight is 265 g/mol. The zero-order valence-corrected chi connectivity index (χ0v) is 11.1. The molecule has 0 radical (unpaired) electrons. The number of nitrogens with zero attached hydrogens (tertiary/aromatic N) is 1. The molecule has 1 N–H and O–H groups in total. The Labute approximate surface area is 111 Å². The summed E-state index contributed by atoms with van der Waals surface area (Å²) in [5.74, 6) is -0.178. The van der Waals surface area contributed by atoms with Crippen LogP contribution in [0.25, 0.3) is 0 Å². The fourth-order valence-corrected chi connectivity index (χ4v) is 1.93. The minimum atomic E-state index is -0.178. The van der Waals surface area contributed by atoms with E-state index in [-0.39, 0.29) is 5.82 Å². The highest BCUT2D eigenvalue weighted by molar-refractivity contribution is 6.29. The summed E-state index contributed by atoms with van der Waals surface area (Å²) in [4.78, 5) is 4.03. The fraction of sp³-hybridized carbons (Fsp3) is 0.214. The van der Waals surface area contributed by atoms with E-state index in [9.17, 15) is 4.39 Å². The van der Waals surface area contributed by atoms with Gasteiger partial charge in [-0.3, -0.25) is 0 Å². The molecule has 1 heterocycles. The highest BCUT2D eigenvalue weighted by atomic mass is 35.5. The maximum Gasteiger partial charge on any atom is 0.129 e. The normalized spacial score (nSPS) is 10.4. The fourth-order valence-electron chi connectivity index (χ4n) is 1.72. The summed E-state index contributed by atoms with van der Waals surface area (Å²) in [5.41, 5.74) is 3.65. The first-order valence-corrected chi connectivity index (χ1v) is 6.05. The summed E-state index contributed by atoms with van der Waals surface area (Å²) in [6.07, 6.45) is 1.70. The minimum Gasteiger partial charge on any atom is -0.380 e. The van der Waals surface area contributed by atoms with Gasteiger partial charge in [-0.25, -0.2) is 9.37 Å². The largest absolute Gasteiger partial charge is 0.380 e. The van der Waals surface area contributed by atoms with Crippen LogP contribution in [0.15, 0.2) is 30.5 Å². The van der Waals surface area contributed by atoms with Gasteiger partial charge in [0.15, 0.2) is 0 Å². The number of hydrogen-bond donors (Lipinski definition) is 1. The van der Waals surface area contributed by atoms with Crippen LogP contribution in [0.4, 0.5) is 10.1 Å². The second-order valence-electron chi connectivity index (χ2n) is 4.26. The van der Waals surface area contributed by atoms with Crippen molar-refractivity contribution in [2.24, 2.45) is 0 Å². The van der Waals surface area contributed by atoms with Crippen molar-refractivity contribution in [3.63, 3.8) is 0 Å². The van der Waals surface area contributed by atoms with Crippen LogP contribution < -0.4 is 5.32 Å². The molecule has 1 aromatic heterocycles. The molecular formula is C14H14ClFN2. The first-order chi connectivity index (χ1) is 8.56. The second kappa shape index (κ2) is 5.36. The van der Waals surface area contributed by atoms with E-state index < -0.39 is 0 Å². The first kappa shape index (κ1) is 12.8. The molecule has 1 aromatic carbocycles. The standard InChI is InChI=1S/C14H14ClFN2/c1-9-5-11(3-4-12(9)16)7-17-13-8-18-14(15)6-10(13)2/h3-6,8,17H,7H2,1-2H3. The summed E-state index contributed by atoms with van der Waals surface area (Å²) in [6, 6.07) is 6.90. The molecule has 0 amide bonds. The van der Waals surface area contributed by atoms with E-state index in [0.717, 1.165) is 16.8 Å². The molecule has 0 saturated heterocycles. The SMILES string of the molecule is Cc1cc(CNc2cnc(Cl)cc2C)ccc1F. The number of hydrogen-bond acceptors (Lipinski definition) is 2. The molecule has 0 spiro atoms. The quantitative estimate of drug-likeness (QED) is 0.844. The van der Waals surface area contributed by atoms with Crippen LogP contribution in [0.3, 0.4) is 0 Å². The second-order valence-corrected chi connectivity index (χ2v) is 4.65. The number of anilines is 1. The number of nitrogens with one attached hydrogen (secondary N) is 1. The monoisotopic (exact) mass is 264 g/mol. The molecule has 0 aliphatic heterocycles. The van der Waals surface area contributed by atoms with Gasteiger partial charge in [0.1, 0.15) is 11.0 Å². The average Bonchev–Trinajstić information content (AvgIpc) is 2.32. The van der Waals surface area contributed by atoms with Gasteiger partial charge in [0.25, 0.3) is 0 Å². The molecule has 0 aliphatic rings. The van der Waals surface area contributed by atoms with E-state index in [2.05, 4.69) is 10.3 Å². The molecule has 2 aromatic rings. The molecule has 0 saturated carbocycles. The molecule has 94 valence electrons. The number of aromatic nitrogens is 1. The highest BCUT2D eigenvalue weighted by Gasteiger charge is 2.02. The molecule has 0 aliphatic carbocycles. The van der Waals surface area contributed by atoms with Gasteiger partial charge in [-0.2, -0.15) is 0 Å². The Hall–Kier alpha value is -1.61. The van der Waals surface area contributed by atoms with Crippen LogP contribution in [0.1, 0.15) is 16.7 Å². The van der Waals surface area contributed by atoms with Crippen LogP contribution in [0.2, 0.25) is 5.15 Å². The van der Waals surface area contributed by atoms with Crippen molar-refractivity contribution < 1.29 is 4.39 Å². The first-order valence-electron chi connectivity index (χ1n) is 5.67. The van der Waals surface area contributed by atoms with E-state index in [1.807, 2.05) is 13.0 Å². The lowest BCUT2D eigenvalue weighted by atomic mass is 10.1. The van der Waals surface area contributed by atoms with Crippen molar-refractivity contribution in [2.75, 3.05) is 5.32 Å². The van der Waals surface area contributed by atoms with Gasteiger partial charge in [0.2, 0.25) is 0 Å². The molecule has 4 heteroatoms. The lowest BCUT2D eigenvalue weighted by molar-refractivity contribution is 0.617. The molecule has 0 atom stereocenters. The molecule has 2 nitrogen and oxygen atoms in total.